The number of rotatable bonds is 2. The molecular weight excluding hydrogens is 689 g/mol. The first-order valence-electron chi connectivity index (χ1n) is 13.1. The first kappa shape index (κ1) is 28.2. The molecule has 0 amide bonds. The van der Waals surface area contributed by atoms with E-state index in [9.17, 15) is 4.79 Å². The van der Waals surface area contributed by atoms with Crippen molar-refractivity contribution in [3.05, 3.63) is 121 Å². The molecule has 0 bridgehead atoms. The SMILES string of the molecule is CC(C)(C)c1cc(-c2nc3ccccc3c3c2oc2ccccc23)[c-]c2ccccc12.O=C(O)c1ccccn1.[Ir]. The maximum atomic E-state index is 10.1. The first-order chi connectivity index (χ1) is 19.3. The summed E-state index contributed by atoms with van der Waals surface area (Å²) < 4.78 is 6.40. The number of fused-ring (bicyclic) bond motifs is 6. The van der Waals surface area contributed by atoms with Crippen LogP contribution in [0.5, 0.6) is 0 Å². The molecule has 41 heavy (non-hydrogen) atoms. The molecule has 0 saturated heterocycles. The first-order valence-corrected chi connectivity index (χ1v) is 13.1. The summed E-state index contributed by atoms with van der Waals surface area (Å²) in [6.07, 6.45) is 1.45. The molecule has 1 N–H and O–H groups in total. The third-order valence-corrected chi connectivity index (χ3v) is 6.94. The number of carboxylic acids is 1. The second-order valence-corrected chi connectivity index (χ2v) is 10.7. The zero-order chi connectivity index (χ0) is 27.9. The number of hydrogen-bond donors (Lipinski definition) is 1. The van der Waals surface area contributed by atoms with Crippen molar-refractivity contribution in [2.45, 2.75) is 26.2 Å². The smallest absolute Gasteiger partial charge is 0.354 e. The molecule has 0 aliphatic carbocycles. The van der Waals surface area contributed by atoms with Crippen molar-refractivity contribution in [1.29, 1.82) is 0 Å². The zero-order valence-electron chi connectivity index (χ0n) is 22.8. The summed E-state index contributed by atoms with van der Waals surface area (Å²) in [6.45, 7) is 6.76. The van der Waals surface area contributed by atoms with Crippen molar-refractivity contribution in [3.63, 3.8) is 0 Å². The summed E-state index contributed by atoms with van der Waals surface area (Å²) in [7, 11) is 0. The largest absolute Gasteiger partial charge is 0.477 e. The van der Waals surface area contributed by atoms with Crippen molar-refractivity contribution in [2.75, 3.05) is 0 Å². The average molecular weight is 716 g/mol. The van der Waals surface area contributed by atoms with Crippen molar-refractivity contribution in [1.82, 2.24) is 9.97 Å². The molecule has 4 aromatic carbocycles. The molecule has 6 heteroatoms. The standard InChI is InChI=1S/C29H22NO.C6H5NO2.Ir/c1-29(2,3)23-17-19(16-18-10-4-5-11-20(18)23)27-28-26(21-12-6-8-14-24(21)30-27)22-13-7-9-15-25(22)31-28;8-6(9)5-3-1-2-4-7-5;/h4-15,17H,1-3H3;1-4H,(H,8,9);/q-1;;. The molecule has 0 saturated carbocycles. The maximum Gasteiger partial charge on any atom is 0.354 e. The van der Waals surface area contributed by atoms with E-state index < -0.39 is 5.97 Å². The summed E-state index contributed by atoms with van der Waals surface area (Å²) >= 11 is 0. The number of aromatic nitrogens is 2. The number of aromatic carboxylic acids is 1. The van der Waals surface area contributed by atoms with Gasteiger partial charge in [0.2, 0.25) is 0 Å². The molecule has 7 rings (SSSR count). The summed E-state index contributed by atoms with van der Waals surface area (Å²) in [5.41, 5.74) is 5.86. The van der Waals surface area contributed by atoms with E-state index in [4.69, 9.17) is 14.5 Å². The molecule has 1 radical (unpaired) electrons. The van der Waals surface area contributed by atoms with E-state index in [0.717, 1.165) is 49.5 Å². The van der Waals surface area contributed by atoms with E-state index in [-0.39, 0.29) is 31.2 Å². The van der Waals surface area contributed by atoms with Crippen LogP contribution in [0.2, 0.25) is 0 Å². The van der Waals surface area contributed by atoms with Gasteiger partial charge in [0.1, 0.15) is 16.9 Å². The summed E-state index contributed by atoms with van der Waals surface area (Å²) in [4.78, 5) is 18.8. The number of hydrogen-bond acceptors (Lipinski definition) is 4. The molecule has 0 fully saturated rings. The van der Waals surface area contributed by atoms with E-state index in [1.54, 1.807) is 12.1 Å². The van der Waals surface area contributed by atoms with Gasteiger partial charge in [-0.2, -0.15) is 0 Å². The fourth-order valence-corrected chi connectivity index (χ4v) is 5.08. The molecule has 7 aromatic rings. The topological polar surface area (TPSA) is 76.2 Å². The number of carbonyl (C=O) groups is 1. The Morgan fingerprint density at radius 1 is 0.829 bits per heavy atom. The van der Waals surface area contributed by atoms with Crippen molar-refractivity contribution in [3.8, 4) is 11.3 Å². The third kappa shape index (κ3) is 5.37. The van der Waals surface area contributed by atoms with Gasteiger partial charge in [-0.25, -0.2) is 9.78 Å². The number of para-hydroxylation sites is 2. The molecular formula is C35H27IrN2O3-. The molecule has 0 unspecified atom stereocenters. The molecule has 205 valence electrons. The Bertz CT molecular complexity index is 2030. The van der Waals surface area contributed by atoms with Crippen molar-refractivity contribution in [2.24, 2.45) is 0 Å². The minimum Gasteiger partial charge on any atom is -0.477 e. The van der Waals surface area contributed by atoms with E-state index in [1.165, 1.54) is 23.2 Å². The number of furan rings is 1. The molecule has 0 atom stereocenters. The van der Waals surface area contributed by atoms with Gasteiger partial charge in [-0.15, -0.1) is 29.1 Å². The normalized spacial score (nSPS) is 11.3. The van der Waals surface area contributed by atoms with Crippen LogP contribution in [-0.4, -0.2) is 21.0 Å². The molecule has 3 aromatic heterocycles. The van der Waals surface area contributed by atoms with Gasteiger partial charge in [0.15, 0.2) is 0 Å². The Hall–Kier alpha value is -4.38. The van der Waals surface area contributed by atoms with E-state index in [0.29, 0.717) is 0 Å². The number of pyridine rings is 2. The third-order valence-electron chi connectivity index (χ3n) is 6.94. The van der Waals surface area contributed by atoms with Gasteiger partial charge >= 0.3 is 5.97 Å². The van der Waals surface area contributed by atoms with Crippen LogP contribution in [0.15, 0.2) is 108 Å². The van der Waals surface area contributed by atoms with E-state index >= 15 is 0 Å². The second-order valence-electron chi connectivity index (χ2n) is 10.7. The minimum absolute atomic E-state index is 0. The van der Waals surface area contributed by atoms with Crippen LogP contribution in [0.25, 0.3) is 54.9 Å². The molecule has 0 aliphatic heterocycles. The van der Waals surface area contributed by atoms with E-state index in [1.807, 2.05) is 18.2 Å². The zero-order valence-corrected chi connectivity index (χ0v) is 25.2. The number of carboxylic acid groups (broad SMARTS) is 1. The fraction of sp³-hybridized carbons (Fsp3) is 0.114. The van der Waals surface area contributed by atoms with Gasteiger partial charge in [-0.05, 0) is 29.7 Å². The summed E-state index contributed by atoms with van der Waals surface area (Å²) in [5, 5.41) is 14.0. The van der Waals surface area contributed by atoms with E-state index in [2.05, 4.69) is 92.5 Å². The quantitative estimate of drug-likeness (QED) is 0.181. The predicted molar refractivity (Wildman–Crippen MR) is 161 cm³/mol. The minimum atomic E-state index is -0.990. The van der Waals surface area contributed by atoms with Gasteiger partial charge in [-0.1, -0.05) is 92.4 Å². The maximum absolute atomic E-state index is 10.1. The molecule has 5 nitrogen and oxygen atoms in total. The average Bonchev–Trinajstić information content (AvgIpc) is 3.36. The van der Waals surface area contributed by atoms with Crippen LogP contribution in [0, 0.1) is 6.07 Å². The van der Waals surface area contributed by atoms with Gasteiger partial charge in [-0.3, -0.25) is 4.98 Å². The molecule has 3 heterocycles. The van der Waals surface area contributed by atoms with Gasteiger partial charge in [0, 0.05) is 48.2 Å². The van der Waals surface area contributed by atoms with Crippen LogP contribution in [0.4, 0.5) is 0 Å². The number of nitrogens with zero attached hydrogens (tertiary/aromatic N) is 2. The second kappa shape index (κ2) is 11.2. The van der Waals surface area contributed by atoms with Gasteiger partial charge in [0.05, 0.1) is 5.52 Å². The summed E-state index contributed by atoms with van der Waals surface area (Å²) in [5.74, 6) is -0.990. The Morgan fingerprint density at radius 3 is 2.17 bits per heavy atom. The van der Waals surface area contributed by atoms with Crippen molar-refractivity contribution < 1.29 is 34.4 Å². The van der Waals surface area contributed by atoms with Crippen LogP contribution in [-0.2, 0) is 25.5 Å². The Kier molecular flexibility index (Phi) is 7.72. The monoisotopic (exact) mass is 716 g/mol. The Labute approximate surface area is 251 Å². The van der Waals surface area contributed by atoms with Crippen LogP contribution in [0.3, 0.4) is 0 Å². The Balaban J connectivity index is 0.000000291. The Morgan fingerprint density at radius 2 is 1.49 bits per heavy atom. The van der Waals surface area contributed by atoms with Crippen LogP contribution < -0.4 is 0 Å². The fourth-order valence-electron chi connectivity index (χ4n) is 5.08. The van der Waals surface area contributed by atoms with Gasteiger partial charge in [0.25, 0.3) is 0 Å². The number of benzene rings is 4. The van der Waals surface area contributed by atoms with Crippen LogP contribution in [0.1, 0.15) is 36.8 Å². The molecule has 0 aliphatic rings. The van der Waals surface area contributed by atoms with Crippen molar-refractivity contribution >= 4 is 49.6 Å². The van der Waals surface area contributed by atoms with Crippen LogP contribution >= 0.6 is 0 Å². The predicted octanol–water partition coefficient (Wildman–Crippen LogP) is 8.83. The van der Waals surface area contributed by atoms with Gasteiger partial charge < -0.3 is 9.52 Å². The summed E-state index contributed by atoms with van der Waals surface area (Å²) in [6, 6.07) is 35.6. The molecule has 0 spiro atoms.